The van der Waals surface area contributed by atoms with E-state index in [1.165, 1.54) is 19.1 Å². The van der Waals surface area contributed by atoms with E-state index in [2.05, 4.69) is 10.6 Å². The molecule has 1 aromatic carbocycles. The van der Waals surface area contributed by atoms with Crippen molar-refractivity contribution in [3.05, 3.63) is 33.9 Å². The van der Waals surface area contributed by atoms with Crippen molar-refractivity contribution in [3.63, 3.8) is 0 Å². The lowest BCUT2D eigenvalue weighted by Gasteiger charge is -2.26. The van der Waals surface area contributed by atoms with E-state index in [1.807, 2.05) is 0 Å². The minimum atomic E-state index is -1.87. The molecule has 0 radical (unpaired) electrons. The van der Waals surface area contributed by atoms with Crippen molar-refractivity contribution < 1.29 is 9.72 Å². The highest BCUT2D eigenvalue weighted by atomic mass is 35.6. The Morgan fingerprint density at radius 3 is 2.45 bits per heavy atom. The number of nitro benzene ring substituents is 1. The zero-order chi connectivity index (χ0) is 15.5. The Morgan fingerprint density at radius 2 is 2.00 bits per heavy atom. The number of nitro groups is 1. The van der Waals surface area contributed by atoms with Gasteiger partial charge in [0.2, 0.25) is 9.70 Å². The van der Waals surface area contributed by atoms with Gasteiger partial charge in [0.25, 0.3) is 5.69 Å². The van der Waals surface area contributed by atoms with Gasteiger partial charge in [0.15, 0.2) is 0 Å². The molecule has 0 spiro atoms. The average molecular weight is 341 g/mol. The molecule has 1 atom stereocenters. The SMILES string of the molecule is CC(=O)NC(Nc1ccc(C)cc1[N+](=O)[O-])C(Cl)(Cl)Cl. The van der Waals surface area contributed by atoms with Crippen molar-refractivity contribution in [2.75, 3.05) is 5.32 Å². The van der Waals surface area contributed by atoms with E-state index < -0.39 is 20.8 Å². The van der Waals surface area contributed by atoms with Gasteiger partial charge < -0.3 is 10.6 Å². The highest BCUT2D eigenvalue weighted by Gasteiger charge is 2.34. The van der Waals surface area contributed by atoms with Gasteiger partial charge in [-0.1, -0.05) is 40.9 Å². The van der Waals surface area contributed by atoms with Gasteiger partial charge in [-0.3, -0.25) is 14.9 Å². The topological polar surface area (TPSA) is 84.3 Å². The number of benzene rings is 1. The van der Waals surface area contributed by atoms with Crippen LogP contribution in [0.4, 0.5) is 11.4 Å². The Kier molecular flexibility index (Phi) is 5.44. The third kappa shape index (κ3) is 4.70. The van der Waals surface area contributed by atoms with Crippen molar-refractivity contribution in [2.45, 2.75) is 23.8 Å². The molecule has 1 rings (SSSR count). The molecule has 0 heterocycles. The largest absolute Gasteiger partial charge is 0.356 e. The van der Waals surface area contributed by atoms with Crippen LogP contribution in [0.15, 0.2) is 18.2 Å². The fourth-order valence-corrected chi connectivity index (χ4v) is 1.80. The fraction of sp³-hybridized carbons (Fsp3) is 0.364. The molecule has 0 aliphatic carbocycles. The van der Waals surface area contributed by atoms with E-state index in [-0.39, 0.29) is 11.4 Å². The number of anilines is 1. The Labute approximate surface area is 130 Å². The number of carbonyl (C=O) groups excluding carboxylic acids is 1. The molecule has 0 aromatic heterocycles. The number of aryl methyl sites for hydroxylation is 1. The third-order valence-electron chi connectivity index (χ3n) is 2.32. The standard InChI is InChI=1S/C11H12Cl3N3O3/c1-6-3-4-8(9(5-6)17(19)20)16-10(11(12,13)14)15-7(2)18/h3-5,10,16H,1-2H3,(H,15,18). The van der Waals surface area contributed by atoms with Crippen molar-refractivity contribution in [3.8, 4) is 0 Å². The Balaban J connectivity index is 3.11. The molecule has 0 saturated carbocycles. The van der Waals surface area contributed by atoms with E-state index in [4.69, 9.17) is 34.8 Å². The predicted octanol–water partition coefficient (Wildman–Crippen LogP) is 3.15. The zero-order valence-corrected chi connectivity index (χ0v) is 12.9. The van der Waals surface area contributed by atoms with E-state index >= 15 is 0 Å². The number of halogens is 3. The molecule has 2 N–H and O–H groups in total. The summed E-state index contributed by atoms with van der Waals surface area (Å²) in [5, 5.41) is 16.0. The number of nitrogens with zero attached hydrogens (tertiary/aromatic N) is 1. The van der Waals surface area contributed by atoms with Gasteiger partial charge in [-0.2, -0.15) is 0 Å². The Morgan fingerprint density at radius 1 is 1.40 bits per heavy atom. The maximum Gasteiger partial charge on any atom is 0.292 e. The highest BCUT2D eigenvalue weighted by Crippen LogP contribution is 2.33. The van der Waals surface area contributed by atoms with Crippen molar-refractivity contribution in [2.24, 2.45) is 0 Å². The van der Waals surface area contributed by atoms with Crippen molar-refractivity contribution in [1.82, 2.24) is 5.32 Å². The van der Waals surface area contributed by atoms with Crippen LogP contribution in [0.5, 0.6) is 0 Å². The lowest BCUT2D eigenvalue weighted by atomic mass is 10.2. The summed E-state index contributed by atoms with van der Waals surface area (Å²) in [5.41, 5.74) is 0.687. The van der Waals surface area contributed by atoms with Crippen LogP contribution in [0, 0.1) is 17.0 Å². The van der Waals surface area contributed by atoms with Gasteiger partial charge in [0, 0.05) is 13.0 Å². The molecule has 9 heteroatoms. The first-order valence-electron chi connectivity index (χ1n) is 5.46. The smallest absolute Gasteiger partial charge is 0.292 e. The summed E-state index contributed by atoms with van der Waals surface area (Å²) in [5.74, 6) is -0.441. The Hall–Kier alpha value is -1.24. The van der Waals surface area contributed by atoms with Crippen LogP contribution in [0.2, 0.25) is 0 Å². The van der Waals surface area contributed by atoms with Crippen LogP contribution in [-0.2, 0) is 4.79 Å². The van der Waals surface area contributed by atoms with Gasteiger partial charge in [0.1, 0.15) is 11.9 Å². The molecule has 20 heavy (non-hydrogen) atoms. The molecule has 110 valence electrons. The van der Waals surface area contributed by atoms with Crippen LogP contribution in [0.1, 0.15) is 12.5 Å². The quantitative estimate of drug-likeness (QED) is 0.382. The van der Waals surface area contributed by atoms with E-state index in [1.54, 1.807) is 13.0 Å². The van der Waals surface area contributed by atoms with Crippen LogP contribution in [-0.4, -0.2) is 20.8 Å². The highest BCUT2D eigenvalue weighted by molar-refractivity contribution is 6.68. The summed E-state index contributed by atoms with van der Waals surface area (Å²) in [4.78, 5) is 21.6. The van der Waals surface area contributed by atoms with E-state index in [0.29, 0.717) is 5.56 Å². The van der Waals surface area contributed by atoms with Crippen LogP contribution in [0.25, 0.3) is 0 Å². The summed E-state index contributed by atoms with van der Waals surface area (Å²) < 4.78 is -1.87. The van der Waals surface area contributed by atoms with Crippen LogP contribution in [0.3, 0.4) is 0 Å². The maximum atomic E-state index is 11.1. The molecule has 6 nitrogen and oxygen atoms in total. The summed E-state index contributed by atoms with van der Waals surface area (Å²) in [6, 6.07) is 4.53. The zero-order valence-electron chi connectivity index (χ0n) is 10.6. The monoisotopic (exact) mass is 339 g/mol. The molecule has 1 aromatic rings. The van der Waals surface area contributed by atoms with Gasteiger partial charge in [-0.25, -0.2) is 0 Å². The number of nitrogens with one attached hydrogen (secondary N) is 2. The minimum Gasteiger partial charge on any atom is -0.356 e. The fourth-order valence-electron chi connectivity index (χ4n) is 1.47. The second-order valence-electron chi connectivity index (χ2n) is 4.10. The number of amides is 1. The second-order valence-corrected chi connectivity index (χ2v) is 6.47. The average Bonchev–Trinajstić information content (AvgIpc) is 2.28. The number of alkyl halides is 3. The first-order valence-corrected chi connectivity index (χ1v) is 6.60. The van der Waals surface area contributed by atoms with E-state index in [9.17, 15) is 14.9 Å². The molecular formula is C11H12Cl3N3O3. The van der Waals surface area contributed by atoms with Crippen molar-refractivity contribution >= 4 is 52.1 Å². The predicted molar refractivity (Wildman–Crippen MR) is 79.4 cm³/mol. The van der Waals surface area contributed by atoms with E-state index in [0.717, 1.165) is 0 Å². The second kappa shape index (κ2) is 6.47. The molecule has 0 aliphatic heterocycles. The number of carbonyl (C=O) groups is 1. The molecule has 0 aliphatic rings. The number of hydrogen-bond acceptors (Lipinski definition) is 4. The molecule has 0 bridgehead atoms. The molecule has 1 amide bonds. The lowest BCUT2D eigenvalue weighted by molar-refractivity contribution is -0.384. The molecule has 1 unspecified atom stereocenters. The van der Waals surface area contributed by atoms with Gasteiger partial charge in [-0.05, 0) is 18.6 Å². The van der Waals surface area contributed by atoms with Gasteiger partial charge in [0.05, 0.1) is 4.92 Å². The number of rotatable bonds is 4. The molecule has 0 saturated heterocycles. The van der Waals surface area contributed by atoms with Gasteiger partial charge >= 0.3 is 0 Å². The van der Waals surface area contributed by atoms with Crippen LogP contribution >= 0.6 is 34.8 Å². The summed E-state index contributed by atoms with van der Waals surface area (Å²) in [6.07, 6.45) is -1.11. The first-order chi connectivity index (χ1) is 9.11. The molecule has 0 fully saturated rings. The normalized spacial score (nSPS) is 12.7. The lowest BCUT2D eigenvalue weighted by Crippen LogP contribution is -2.48. The van der Waals surface area contributed by atoms with Crippen molar-refractivity contribution in [1.29, 1.82) is 0 Å². The number of hydrogen-bond donors (Lipinski definition) is 2. The Bertz CT molecular complexity index is 531. The van der Waals surface area contributed by atoms with Gasteiger partial charge in [-0.15, -0.1) is 0 Å². The van der Waals surface area contributed by atoms with Crippen LogP contribution < -0.4 is 10.6 Å². The molecular weight excluding hydrogens is 328 g/mol. The third-order valence-corrected chi connectivity index (χ3v) is 2.98. The summed E-state index contributed by atoms with van der Waals surface area (Å²) in [6.45, 7) is 2.96. The summed E-state index contributed by atoms with van der Waals surface area (Å²) >= 11 is 17.2. The minimum absolute atomic E-state index is 0.144. The first kappa shape index (κ1) is 16.8. The maximum absolute atomic E-state index is 11.1. The summed E-state index contributed by atoms with van der Waals surface area (Å²) in [7, 11) is 0.